The highest BCUT2D eigenvalue weighted by molar-refractivity contribution is 5.85. The van der Waals surface area contributed by atoms with Gasteiger partial charge in [0.1, 0.15) is 0 Å². The summed E-state index contributed by atoms with van der Waals surface area (Å²) >= 11 is 0. The minimum Gasteiger partial charge on any atom is -0.336 e. The maximum Gasteiger partial charge on any atom is 0.315 e. The zero-order valence-electron chi connectivity index (χ0n) is 15.0. The van der Waals surface area contributed by atoms with Crippen molar-refractivity contribution in [3.63, 3.8) is 0 Å². The molecule has 1 aromatic heterocycles. The summed E-state index contributed by atoms with van der Waals surface area (Å²) in [5, 5.41) is 12.7. The zero-order chi connectivity index (χ0) is 17.5. The molecule has 0 saturated carbocycles. The topological polar surface area (TPSA) is 92.1 Å². The number of carbonyl (C=O) groups excluding carboxylic acids is 1. The van der Waals surface area contributed by atoms with Crippen LogP contribution in [0.1, 0.15) is 32.2 Å². The Labute approximate surface area is 154 Å². The molecule has 1 unspecified atom stereocenters. The van der Waals surface area contributed by atoms with Gasteiger partial charge in [-0.15, -0.1) is 12.4 Å². The van der Waals surface area contributed by atoms with Crippen LogP contribution in [0.5, 0.6) is 0 Å². The Morgan fingerprint density at radius 2 is 1.88 bits per heavy atom. The number of likely N-dealkylation sites (N-methyl/N-ethyl adjacent to an activating group) is 1. The Hall–Kier alpha value is -2.12. The maximum atomic E-state index is 11.6. The number of halogens is 1. The quantitative estimate of drug-likeness (QED) is 0.699. The van der Waals surface area contributed by atoms with Crippen LogP contribution in [0.25, 0.3) is 11.5 Å². The first-order chi connectivity index (χ1) is 11.5. The molecule has 0 aliphatic rings. The summed E-state index contributed by atoms with van der Waals surface area (Å²) in [6, 6.07) is 7.93. The average molecular weight is 368 g/mol. The number of urea groups is 1. The predicted octanol–water partition coefficient (Wildman–Crippen LogP) is 2.52. The van der Waals surface area contributed by atoms with Crippen molar-refractivity contribution in [2.75, 3.05) is 7.05 Å². The molecule has 0 radical (unpaired) electrons. The van der Waals surface area contributed by atoms with Crippen molar-refractivity contribution >= 4 is 18.4 Å². The van der Waals surface area contributed by atoms with Crippen molar-refractivity contribution in [2.45, 2.75) is 45.8 Å². The number of carbonyl (C=O) groups is 1. The van der Waals surface area contributed by atoms with Crippen LogP contribution in [-0.4, -0.2) is 35.3 Å². The van der Waals surface area contributed by atoms with Gasteiger partial charge >= 0.3 is 6.03 Å². The van der Waals surface area contributed by atoms with Crippen molar-refractivity contribution in [3.05, 3.63) is 35.7 Å². The lowest BCUT2D eigenvalue weighted by molar-refractivity contribution is 0.238. The fourth-order valence-electron chi connectivity index (χ4n) is 2.09. The van der Waals surface area contributed by atoms with Gasteiger partial charge in [0.05, 0.1) is 0 Å². The maximum absolute atomic E-state index is 11.6. The van der Waals surface area contributed by atoms with E-state index in [1.165, 1.54) is 0 Å². The highest BCUT2D eigenvalue weighted by atomic mass is 35.5. The highest BCUT2D eigenvalue weighted by Gasteiger charge is 2.11. The van der Waals surface area contributed by atoms with Crippen LogP contribution < -0.4 is 16.0 Å². The molecule has 7 nitrogen and oxygen atoms in total. The van der Waals surface area contributed by atoms with Gasteiger partial charge in [0, 0.05) is 30.6 Å². The third-order valence-electron chi connectivity index (χ3n) is 3.52. The molecular formula is C17H26ClN5O2. The van der Waals surface area contributed by atoms with Gasteiger partial charge in [-0.05, 0) is 45.5 Å². The summed E-state index contributed by atoms with van der Waals surface area (Å²) in [5.41, 5.74) is 1.86. The fourth-order valence-corrected chi connectivity index (χ4v) is 2.09. The van der Waals surface area contributed by atoms with E-state index in [2.05, 4.69) is 33.0 Å². The van der Waals surface area contributed by atoms with E-state index in [1.54, 1.807) is 0 Å². The van der Waals surface area contributed by atoms with Crippen LogP contribution in [0.2, 0.25) is 0 Å². The number of amides is 2. The Morgan fingerprint density at radius 1 is 1.20 bits per heavy atom. The summed E-state index contributed by atoms with van der Waals surface area (Å²) in [7, 11) is 1.90. The first-order valence-corrected chi connectivity index (χ1v) is 8.11. The van der Waals surface area contributed by atoms with Gasteiger partial charge < -0.3 is 20.5 Å². The van der Waals surface area contributed by atoms with Gasteiger partial charge in [-0.2, -0.15) is 4.98 Å². The van der Waals surface area contributed by atoms with E-state index in [0.29, 0.717) is 30.7 Å². The summed E-state index contributed by atoms with van der Waals surface area (Å²) in [5.74, 6) is 1.19. The van der Waals surface area contributed by atoms with Crippen molar-refractivity contribution in [3.8, 4) is 11.5 Å². The molecule has 0 saturated heterocycles. The van der Waals surface area contributed by atoms with Crippen molar-refractivity contribution in [2.24, 2.45) is 0 Å². The number of nitrogens with zero attached hydrogens (tertiary/aromatic N) is 2. The molecule has 3 N–H and O–H groups in total. The second-order valence-electron chi connectivity index (χ2n) is 6.09. The molecule has 0 aliphatic heterocycles. The number of aromatic nitrogens is 2. The SMILES string of the molecule is CNC(C)Cc1noc(-c2ccc(CNC(=O)NC(C)C)cc2)n1.Cl. The number of rotatable bonds is 7. The van der Waals surface area contributed by atoms with Crippen molar-refractivity contribution in [1.29, 1.82) is 0 Å². The average Bonchev–Trinajstić information content (AvgIpc) is 3.01. The zero-order valence-corrected chi connectivity index (χ0v) is 15.8. The van der Waals surface area contributed by atoms with E-state index in [9.17, 15) is 4.79 Å². The molecule has 0 fully saturated rings. The number of nitrogens with one attached hydrogen (secondary N) is 3. The normalized spacial score (nSPS) is 11.7. The van der Waals surface area contributed by atoms with E-state index in [0.717, 1.165) is 11.1 Å². The van der Waals surface area contributed by atoms with Crippen LogP contribution in [0.3, 0.4) is 0 Å². The summed E-state index contributed by atoms with van der Waals surface area (Å²) in [6.07, 6.45) is 0.715. The molecule has 25 heavy (non-hydrogen) atoms. The molecular weight excluding hydrogens is 342 g/mol. The summed E-state index contributed by atoms with van der Waals surface area (Å²) in [6.45, 7) is 6.37. The molecule has 138 valence electrons. The lowest BCUT2D eigenvalue weighted by atomic mass is 10.1. The van der Waals surface area contributed by atoms with Gasteiger partial charge in [0.25, 0.3) is 5.89 Å². The molecule has 2 amide bonds. The Morgan fingerprint density at radius 3 is 2.48 bits per heavy atom. The van der Waals surface area contributed by atoms with E-state index in [-0.39, 0.29) is 24.5 Å². The first-order valence-electron chi connectivity index (χ1n) is 8.11. The molecule has 0 bridgehead atoms. The van der Waals surface area contributed by atoms with Gasteiger partial charge in [-0.25, -0.2) is 4.79 Å². The fraction of sp³-hybridized carbons (Fsp3) is 0.471. The molecule has 1 atom stereocenters. The summed E-state index contributed by atoms with van der Waals surface area (Å²) in [4.78, 5) is 16.0. The minimum atomic E-state index is -0.172. The molecule has 1 aromatic carbocycles. The standard InChI is InChI=1S/C17H25N5O2.ClH/c1-11(2)20-17(23)19-10-13-5-7-14(8-6-13)16-21-15(22-24-16)9-12(3)18-4;/h5-8,11-12,18H,9-10H2,1-4H3,(H2,19,20,23);1H. The Kier molecular flexibility index (Phi) is 8.37. The van der Waals surface area contributed by atoms with Crippen LogP contribution >= 0.6 is 12.4 Å². The largest absolute Gasteiger partial charge is 0.336 e. The number of hydrogen-bond acceptors (Lipinski definition) is 5. The third-order valence-corrected chi connectivity index (χ3v) is 3.52. The van der Waals surface area contributed by atoms with Gasteiger partial charge in [0.15, 0.2) is 5.82 Å². The van der Waals surface area contributed by atoms with Gasteiger partial charge in [-0.1, -0.05) is 17.3 Å². The monoisotopic (exact) mass is 367 g/mol. The lowest BCUT2D eigenvalue weighted by Gasteiger charge is -2.10. The van der Waals surface area contributed by atoms with Crippen molar-refractivity contribution in [1.82, 2.24) is 26.1 Å². The van der Waals surface area contributed by atoms with Crippen molar-refractivity contribution < 1.29 is 9.32 Å². The summed E-state index contributed by atoms with van der Waals surface area (Å²) < 4.78 is 5.31. The Balaban J connectivity index is 0.00000312. The molecule has 2 aromatic rings. The van der Waals surface area contributed by atoms with Crippen LogP contribution in [0, 0.1) is 0 Å². The number of hydrogen-bond donors (Lipinski definition) is 3. The van der Waals surface area contributed by atoms with E-state index in [1.807, 2.05) is 45.2 Å². The smallest absolute Gasteiger partial charge is 0.315 e. The van der Waals surface area contributed by atoms with E-state index in [4.69, 9.17) is 4.52 Å². The molecule has 2 rings (SSSR count). The van der Waals surface area contributed by atoms with Crippen LogP contribution in [0.4, 0.5) is 4.79 Å². The highest BCUT2D eigenvalue weighted by Crippen LogP contribution is 2.18. The van der Waals surface area contributed by atoms with Gasteiger partial charge in [-0.3, -0.25) is 0 Å². The van der Waals surface area contributed by atoms with Crippen LogP contribution in [0.15, 0.2) is 28.8 Å². The van der Waals surface area contributed by atoms with Crippen LogP contribution in [-0.2, 0) is 13.0 Å². The lowest BCUT2D eigenvalue weighted by Crippen LogP contribution is -2.39. The molecule has 1 heterocycles. The van der Waals surface area contributed by atoms with E-state index >= 15 is 0 Å². The first kappa shape index (κ1) is 20.9. The Bertz CT molecular complexity index is 657. The third kappa shape index (κ3) is 6.72. The molecule has 0 spiro atoms. The minimum absolute atomic E-state index is 0. The molecule has 8 heteroatoms. The second-order valence-corrected chi connectivity index (χ2v) is 6.09. The van der Waals surface area contributed by atoms with Gasteiger partial charge in [0.2, 0.25) is 0 Å². The molecule has 0 aliphatic carbocycles. The predicted molar refractivity (Wildman–Crippen MR) is 99.7 cm³/mol. The van der Waals surface area contributed by atoms with E-state index < -0.39 is 0 Å². The number of benzene rings is 1. The second kappa shape index (κ2) is 10.0.